The maximum Gasteiger partial charge on any atom is 0.289 e. The third-order valence-electron chi connectivity index (χ3n) is 4.06. The molecule has 0 N–H and O–H groups in total. The number of furan rings is 1. The summed E-state index contributed by atoms with van der Waals surface area (Å²) in [6.45, 7) is 0.387. The van der Waals surface area contributed by atoms with E-state index >= 15 is 0 Å². The van der Waals surface area contributed by atoms with Gasteiger partial charge in [-0.3, -0.25) is 4.79 Å². The topological polar surface area (TPSA) is 85.3 Å². The van der Waals surface area contributed by atoms with Gasteiger partial charge >= 0.3 is 0 Å². The molecule has 1 aliphatic carbocycles. The van der Waals surface area contributed by atoms with Crippen molar-refractivity contribution < 1.29 is 13.7 Å². The van der Waals surface area contributed by atoms with Crippen molar-refractivity contribution in [2.75, 3.05) is 7.05 Å². The van der Waals surface area contributed by atoms with Crippen LogP contribution in [0.3, 0.4) is 0 Å². The number of amides is 1. The molecule has 1 fully saturated rings. The Morgan fingerprint density at radius 3 is 2.88 bits per heavy atom. The molecule has 8 heteroatoms. The van der Waals surface area contributed by atoms with Crippen LogP contribution in [0.1, 0.15) is 46.5 Å². The zero-order valence-electron chi connectivity index (χ0n) is 14.3. The lowest BCUT2D eigenvalue weighted by molar-refractivity contribution is 0.0749. The number of carbonyl (C=O) groups is 1. The highest BCUT2D eigenvalue weighted by Crippen LogP contribution is 2.40. The molecule has 7 nitrogen and oxygen atoms in total. The summed E-state index contributed by atoms with van der Waals surface area (Å²) in [5.41, 5.74) is 0.756. The third-order valence-corrected chi connectivity index (χ3v) is 4.96. The molecule has 1 amide bonds. The van der Waals surface area contributed by atoms with Gasteiger partial charge in [0.25, 0.3) is 5.91 Å². The van der Waals surface area contributed by atoms with Crippen molar-refractivity contribution in [3.05, 3.63) is 59.6 Å². The van der Waals surface area contributed by atoms with Crippen molar-refractivity contribution in [1.82, 2.24) is 20.0 Å². The van der Waals surface area contributed by atoms with Crippen LogP contribution in [0.25, 0.3) is 0 Å². The lowest BCUT2D eigenvalue weighted by atomic mass is 10.2. The molecule has 0 saturated heterocycles. The summed E-state index contributed by atoms with van der Waals surface area (Å²) in [6.07, 6.45) is 5.70. The molecule has 134 valence electrons. The number of thioether (sulfide) groups is 1. The lowest BCUT2D eigenvalue weighted by Gasteiger charge is -2.13. The van der Waals surface area contributed by atoms with E-state index in [4.69, 9.17) is 8.94 Å². The van der Waals surface area contributed by atoms with Crippen LogP contribution in [-0.2, 0) is 12.3 Å². The van der Waals surface area contributed by atoms with E-state index in [0.717, 1.165) is 24.3 Å². The van der Waals surface area contributed by atoms with Gasteiger partial charge in [-0.2, -0.15) is 0 Å². The first kappa shape index (κ1) is 16.8. The van der Waals surface area contributed by atoms with Gasteiger partial charge in [-0.15, -0.1) is 0 Å². The Labute approximate surface area is 154 Å². The monoisotopic (exact) mass is 370 g/mol. The van der Waals surface area contributed by atoms with Gasteiger partial charge in [-0.1, -0.05) is 16.9 Å². The molecule has 26 heavy (non-hydrogen) atoms. The van der Waals surface area contributed by atoms with Crippen LogP contribution in [-0.4, -0.2) is 33.0 Å². The minimum absolute atomic E-state index is 0.187. The molecule has 0 atom stereocenters. The minimum Gasteiger partial charge on any atom is -0.455 e. The van der Waals surface area contributed by atoms with Crippen molar-refractivity contribution >= 4 is 17.7 Å². The first-order chi connectivity index (χ1) is 12.7. The van der Waals surface area contributed by atoms with E-state index in [9.17, 15) is 4.79 Å². The molecule has 1 aliphatic rings. The number of carbonyl (C=O) groups excluding carboxylic acids is 1. The van der Waals surface area contributed by atoms with Crippen molar-refractivity contribution in [1.29, 1.82) is 0 Å². The van der Waals surface area contributed by atoms with Gasteiger partial charge in [0, 0.05) is 31.4 Å². The highest BCUT2D eigenvalue weighted by Gasteiger charge is 2.28. The number of hydrogen-bond acceptors (Lipinski definition) is 7. The van der Waals surface area contributed by atoms with E-state index in [1.165, 1.54) is 11.8 Å². The highest BCUT2D eigenvalue weighted by molar-refractivity contribution is 7.98. The Hall–Kier alpha value is -2.61. The Balaban J connectivity index is 1.34. The molecule has 3 aromatic heterocycles. The zero-order chi connectivity index (χ0) is 17.9. The second-order valence-corrected chi connectivity index (χ2v) is 7.18. The van der Waals surface area contributed by atoms with Crippen molar-refractivity contribution in [2.45, 2.75) is 36.2 Å². The summed E-state index contributed by atoms with van der Waals surface area (Å²) in [6, 6.07) is 7.20. The summed E-state index contributed by atoms with van der Waals surface area (Å²) < 4.78 is 11.0. The fourth-order valence-corrected chi connectivity index (χ4v) is 3.23. The maximum absolute atomic E-state index is 12.5. The smallest absolute Gasteiger partial charge is 0.289 e. The van der Waals surface area contributed by atoms with Crippen molar-refractivity contribution in [2.24, 2.45) is 0 Å². The summed E-state index contributed by atoms with van der Waals surface area (Å²) in [7, 11) is 1.72. The van der Waals surface area contributed by atoms with E-state index in [1.807, 2.05) is 6.07 Å². The summed E-state index contributed by atoms with van der Waals surface area (Å²) in [5.74, 6) is 2.82. The highest BCUT2D eigenvalue weighted by atomic mass is 32.2. The zero-order valence-corrected chi connectivity index (χ0v) is 15.1. The molecule has 0 spiro atoms. The van der Waals surface area contributed by atoms with Gasteiger partial charge < -0.3 is 13.8 Å². The molecule has 1 saturated carbocycles. The Morgan fingerprint density at radius 1 is 1.31 bits per heavy atom. The number of aromatic nitrogens is 3. The van der Waals surface area contributed by atoms with Crippen LogP contribution in [0, 0.1) is 0 Å². The van der Waals surface area contributed by atoms with Crippen LogP contribution in [0.5, 0.6) is 0 Å². The number of rotatable bonds is 7. The van der Waals surface area contributed by atoms with Gasteiger partial charge in [0.15, 0.2) is 10.9 Å². The Bertz CT molecular complexity index is 889. The fourth-order valence-electron chi connectivity index (χ4n) is 2.53. The SMILES string of the molecule is CN(Cc1cc(C2CC2)on1)C(=O)c1ccc(CSc2ncccn2)o1. The second kappa shape index (κ2) is 7.33. The lowest BCUT2D eigenvalue weighted by Crippen LogP contribution is -2.25. The van der Waals surface area contributed by atoms with Gasteiger partial charge in [0.05, 0.1) is 12.3 Å². The molecule has 0 aromatic carbocycles. The molecule has 3 aromatic rings. The van der Waals surface area contributed by atoms with E-state index in [0.29, 0.717) is 34.9 Å². The first-order valence-corrected chi connectivity index (χ1v) is 9.37. The standard InChI is InChI=1S/C18H18N4O3S/c1-22(10-13-9-16(25-21-13)12-3-4-12)17(23)15-6-5-14(24-15)11-26-18-19-7-2-8-20-18/h2,5-9,12H,3-4,10-11H2,1H3. The van der Waals surface area contributed by atoms with Gasteiger partial charge in [0.2, 0.25) is 0 Å². The quantitative estimate of drug-likeness (QED) is 0.465. The first-order valence-electron chi connectivity index (χ1n) is 8.38. The van der Waals surface area contributed by atoms with E-state index in [2.05, 4.69) is 15.1 Å². The summed E-state index contributed by atoms with van der Waals surface area (Å²) >= 11 is 1.46. The third kappa shape index (κ3) is 3.96. The van der Waals surface area contributed by atoms with E-state index in [1.54, 1.807) is 42.5 Å². The van der Waals surface area contributed by atoms with Gasteiger partial charge in [-0.25, -0.2) is 9.97 Å². The van der Waals surface area contributed by atoms with Crippen LogP contribution in [0.4, 0.5) is 0 Å². The minimum atomic E-state index is -0.187. The van der Waals surface area contributed by atoms with Gasteiger partial charge in [-0.05, 0) is 31.0 Å². The van der Waals surface area contributed by atoms with Crippen molar-refractivity contribution in [3.63, 3.8) is 0 Å². The molecule has 3 heterocycles. The molecular formula is C18H18N4O3S. The average molecular weight is 370 g/mol. The van der Waals surface area contributed by atoms with Crippen LogP contribution in [0.2, 0.25) is 0 Å². The fraction of sp³-hybridized carbons (Fsp3) is 0.333. The van der Waals surface area contributed by atoms with Crippen LogP contribution in [0.15, 0.2) is 50.8 Å². The summed E-state index contributed by atoms with van der Waals surface area (Å²) in [5, 5.41) is 4.72. The van der Waals surface area contributed by atoms with Gasteiger partial charge in [0.1, 0.15) is 17.2 Å². The normalized spacial score (nSPS) is 13.7. The van der Waals surface area contributed by atoms with E-state index < -0.39 is 0 Å². The Kier molecular flexibility index (Phi) is 4.75. The maximum atomic E-state index is 12.5. The molecular weight excluding hydrogens is 352 g/mol. The second-order valence-electron chi connectivity index (χ2n) is 6.24. The van der Waals surface area contributed by atoms with Crippen LogP contribution >= 0.6 is 11.8 Å². The van der Waals surface area contributed by atoms with E-state index in [-0.39, 0.29) is 5.91 Å². The Morgan fingerprint density at radius 2 is 2.12 bits per heavy atom. The predicted octanol–water partition coefficient (Wildman–Crippen LogP) is 3.50. The molecule has 0 bridgehead atoms. The van der Waals surface area contributed by atoms with Crippen LogP contribution < -0.4 is 0 Å². The number of nitrogens with zero attached hydrogens (tertiary/aromatic N) is 4. The van der Waals surface area contributed by atoms with Crippen molar-refractivity contribution in [3.8, 4) is 0 Å². The average Bonchev–Trinajstić information content (AvgIpc) is 3.23. The predicted molar refractivity (Wildman–Crippen MR) is 94.6 cm³/mol. The molecule has 0 aliphatic heterocycles. The summed E-state index contributed by atoms with van der Waals surface area (Å²) in [4.78, 5) is 22.4. The molecule has 0 unspecified atom stereocenters. The largest absolute Gasteiger partial charge is 0.455 e. The number of hydrogen-bond donors (Lipinski definition) is 0. The molecule has 0 radical (unpaired) electrons. The molecule has 4 rings (SSSR count).